The van der Waals surface area contributed by atoms with E-state index in [0.717, 1.165) is 5.56 Å². The normalized spacial score (nSPS) is 11.1. The van der Waals surface area contributed by atoms with Crippen molar-refractivity contribution in [3.63, 3.8) is 0 Å². The van der Waals surface area contributed by atoms with E-state index < -0.39 is 11.3 Å². The van der Waals surface area contributed by atoms with E-state index in [4.69, 9.17) is 23.2 Å². The number of halogens is 2. The van der Waals surface area contributed by atoms with Gasteiger partial charge >= 0.3 is 0 Å². The van der Waals surface area contributed by atoms with E-state index in [1.54, 1.807) is 56.4 Å². The Morgan fingerprint density at radius 2 is 1.69 bits per heavy atom. The van der Waals surface area contributed by atoms with Crippen LogP contribution in [0, 0.1) is 5.41 Å². The van der Waals surface area contributed by atoms with E-state index in [1.165, 1.54) is 0 Å². The van der Waals surface area contributed by atoms with Crippen LogP contribution in [0.4, 0.5) is 5.69 Å². The molecule has 138 valence electrons. The van der Waals surface area contributed by atoms with Crippen molar-refractivity contribution in [2.75, 3.05) is 18.9 Å². The molecule has 2 amide bonds. The van der Waals surface area contributed by atoms with Crippen molar-refractivity contribution in [3.05, 3.63) is 58.3 Å². The first-order chi connectivity index (χ1) is 12.2. The summed E-state index contributed by atoms with van der Waals surface area (Å²) in [4.78, 5) is 30.9. The molecule has 0 aliphatic rings. The Hall–Kier alpha value is -2.11. The number of benzene rings is 1. The molecule has 0 bridgehead atoms. The Morgan fingerprint density at radius 3 is 2.27 bits per heavy atom. The maximum atomic E-state index is 12.8. The van der Waals surface area contributed by atoms with Crippen LogP contribution < -0.4 is 5.32 Å². The lowest BCUT2D eigenvalue weighted by atomic mass is 9.90. The Morgan fingerprint density at radius 1 is 1.12 bits per heavy atom. The average Bonchev–Trinajstić information content (AvgIpc) is 2.58. The summed E-state index contributed by atoms with van der Waals surface area (Å²) in [5.74, 6) is -0.686. The van der Waals surface area contributed by atoms with E-state index in [-0.39, 0.29) is 5.91 Å². The molecule has 7 heteroatoms. The van der Waals surface area contributed by atoms with Gasteiger partial charge in [0, 0.05) is 41.7 Å². The Labute approximate surface area is 163 Å². The number of hydrogen-bond donors (Lipinski definition) is 1. The Bertz CT molecular complexity index is 774. The number of hydrogen-bond acceptors (Lipinski definition) is 3. The number of likely N-dealkylation sites (N-methyl/N-ethyl adjacent to an activating group) is 1. The highest BCUT2D eigenvalue weighted by atomic mass is 35.5. The molecule has 0 fully saturated rings. The van der Waals surface area contributed by atoms with Crippen LogP contribution in [-0.2, 0) is 16.0 Å². The van der Waals surface area contributed by atoms with Crippen LogP contribution in [0.3, 0.4) is 0 Å². The largest absolute Gasteiger partial charge is 0.345 e. The summed E-state index contributed by atoms with van der Waals surface area (Å²) in [6.07, 6.45) is 4.11. The van der Waals surface area contributed by atoms with Gasteiger partial charge in [0.15, 0.2) is 0 Å². The summed E-state index contributed by atoms with van der Waals surface area (Å²) in [5, 5.41) is 3.53. The molecule has 2 rings (SSSR count). The third kappa shape index (κ3) is 5.19. The van der Waals surface area contributed by atoms with E-state index in [0.29, 0.717) is 28.7 Å². The molecular weight excluding hydrogens is 373 g/mol. The lowest BCUT2D eigenvalue weighted by Gasteiger charge is -2.28. The molecule has 5 nitrogen and oxygen atoms in total. The number of carbonyl (C=O) groups is 2. The van der Waals surface area contributed by atoms with Gasteiger partial charge in [-0.05, 0) is 56.2 Å². The van der Waals surface area contributed by atoms with Gasteiger partial charge in [0.05, 0.1) is 0 Å². The monoisotopic (exact) mass is 393 g/mol. The molecule has 1 aromatic carbocycles. The van der Waals surface area contributed by atoms with Crippen LogP contribution in [0.1, 0.15) is 19.4 Å². The second-order valence-corrected chi connectivity index (χ2v) is 7.44. The molecule has 0 atom stereocenters. The van der Waals surface area contributed by atoms with Crippen LogP contribution in [0.15, 0.2) is 42.7 Å². The molecule has 1 heterocycles. The Balaban J connectivity index is 2.01. The first-order valence-corrected chi connectivity index (χ1v) is 8.88. The van der Waals surface area contributed by atoms with Gasteiger partial charge in [-0.2, -0.15) is 0 Å². The zero-order chi connectivity index (χ0) is 19.3. The zero-order valence-electron chi connectivity index (χ0n) is 14.9. The van der Waals surface area contributed by atoms with Gasteiger partial charge in [0.25, 0.3) is 0 Å². The smallest absolute Gasteiger partial charge is 0.239 e. The first-order valence-electron chi connectivity index (χ1n) is 8.12. The number of nitrogens with one attached hydrogen (secondary N) is 1. The van der Waals surface area contributed by atoms with Gasteiger partial charge in [-0.25, -0.2) is 0 Å². The van der Waals surface area contributed by atoms with Gasteiger partial charge < -0.3 is 10.2 Å². The number of anilines is 1. The minimum Gasteiger partial charge on any atom is -0.345 e. The maximum Gasteiger partial charge on any atom is 0.239 e. The highest BCUT2D eigenvalue weighted by Crippen LogP contribution is 2.26. The standard InChI is InChI=1S/C19H21Cl2N3O2/c1-19(2,17(25)23-16-11-14(20)10-15(21)12-16)18(26)24(3)9-6-13-4-7-22-8-5-13/h4-5,7-8,10-12H,6,9H2,1-3H3,(H,23,25). The van der Waals surface area contributed by atoms with Crippen LogP contribution in [0.25, 0.3) is 0 Å². The molecule has 2 aromatic rings. The number of aromatic nitrogens is 1. The van der Waals surface area contributed by atoms with E-state index in [2.05, 4.69) is 10.3 Å². The lowest BCUT2D eigenvalue weighted by molar-refractivity contribution is -0.145. The highest BCUT2D eigenvalue weighted by Gasteiger charge is 2.38. The summed E-state index contributed by atoms with van der Waals surface area (Å²) < 4.78 is 0. The van der Waals surface area contributed by atoms with Crippen molar-refractivity contribution in [1.29, 1.82) is 0 Å². The van der Waals surface area contributed by atoms with Crippen LogP contribution in [0.2, 0.25) is 10.0 Å². The van der Waals surface area contributed by atoms with Crippen molar-refractivity contribution in [2.45, 2.75) is 20.3 Å². The van der Waals surface area contributed by atoms with Crippen molar-refractivity contribution in [2.24, 2.45) is 5.41 Å². The molecule has 0 aliphatic heterocycles. The summed E-state index contributed by atoms with van der Waals surface area (Å²) in [6.45, 7) is 3.70. The fourth-order valence-electron chi connectivity index (χ4n) is 2.44. The van der Waals surface area contributed by atoms with Gasteiger partial charge in [-0.15, -0.1) is 0 Å². The number of rotatable bonds is 6. The topological polar surface area (TPSA) is 62.3 Å². The predicted octanol–water partition coefficient (Wildman–Crippen LogP) is 4.05. The lowest BCUT2D eigenvalue weighted by Crippen LogP contribution is -2.46. The fourth-order valence-corrected chi connectivity index (χ4v) is 2.96. The molecule has 0 radical (unpaired) electrons. The third-order valence-electron chi connectivity index (χ3n) is 4.05. The summed E-state index contributed by atoms with van der Waals surface area (Å²) in [5.41, 5.74) is 0.296. The molecule has 0 saturated heterocycles. The molecular formula is C19H21Cl2N3O2. The van der Waals surface area contributed by atoms with Gasteiger partial charge in [-0.1, -0.05) is 23.2 Å². The van der Waals surface area contributed by atoms with Gasteiger partial charge in [0.1, 0.15) is 5.41 Å². The van der Waals surface area contributed by atoms with Crippen molar-refractivity contribution in [1.82, 2.24) is 9.88 Å². The highest BCUT2D eigenvalue weighted by molar-refractivity contribution is 6.35. The molecule has 0 spiro atoms. The molecule has 0 aliphatic carbocycles. The van der Waals surface area contributed by atoms with Crippen LogP contribution in [0.5, 0.6) is 0 Å². The summed E-state index contributed by atoms with van der Waals surface area (Å²) in [7, 11) is 1.69. The second kappa shape index (κ2) is 8.52. The number of pyridine rings is 1. The fraction of sp³-hybridized carbons (Fsp3) is 0.316. The number of amides is 2. The van der Waals surface area contributed by atoms with E-state index in [1.807, 2.05) is 12.1 Å². The maximum absolute atomic E-state index is 12.8. The van der Waals surface area contributed by atoms with Crippen molar-refractivity contribution >= 4 is 40.7 Å². The predicted molar refractivity (Wildman–Crippen MR) is 104 cm³/mol. The molecule has 0 saturated carbocycles. The second-order valence-electron chi connectivity index (χ2n) is 6.57. The number of nitrogens with zero attached hydrogens (tertiary/aromatic N) is 2. The van der Waals surface area contributed by atoms with Crippen LogP contribution in [-0.4, -0.2) is 35.3 Å². The average molecular weight is 394 g/mol. The molecule has 1 aromatic heterocycles. The summed E-state index contributed by atoms with van der Waals surface area (Å²) in [6, 6.07) is 8.54. The van der Waals surface area contributed by atoms with Crippen molar-refractivity contribution in [3.8, 4) is 0 Å². The van der Waals surface area contributed by atoms with Gasteiger partial charge in [0.2, 0.25) is 11.8 Å². The Kier molecular flexibility index (Phi) is 6.62. The third-order valence-corrected chi connectivity index (χ3v) is 4.49. The molecule has 1 N–H and O–H groups in total. The van der Waals surface area contributed by atoms with Gasteiger partial charge in [-0.3, -0.25) is 14.6 Å². The first kappa shape index (κ1) is 20.2. The van der Waals surface area contributed by atoms with Crippen molar-refractivity contribution < 1.29 is 9.59 Å². The SMILES string of the molecule is CN(CCc1ccncc1)C(=O)C(C)(C)C(=O)Nc1cc(Cl)cc(Cl)c1. The zero-order valence-corrected chi connectivity index (χ0v) is 16.4. The van der Waals surface area contributed by atoms with Crippen LogP contribution >= 0.6 is 23.2 Å². The molecule has 0 unspecified atom stereocenters. The minimum atomic E-state index is -1.23. The van der Waals surface area contributed by atoms with E-state index in [9.17, 15) is 9.59 Å². The summed E-state index contributed by atoms with van der Waals surface area (Å²) >= 11 is 11.9. The number of carbonyl (C=O) groups excluding carboxylic acids is 2. The van der Waals surface area contributed by atoms with E-state index >= 15 is 0 Å². The molecule has 26 heavy (non-hydrogen) atoms. The minimum absolute atomic E-state index is 0.266. The quantitative estimate of drug-likeness (QED) is 0.752.